The molecule has 1 N–H and O–H groups in total. The van der Waals surface area contributed by atoms with Gasteiger partial charge in [-0.1, -0.05) is 17.7 Å². The predicted octanol–water partition coefficient (Wildman–Crippen LogP) is 2.93. The summed E-state index contributed by atoms with van der Waals surface area (Å²) in [4.78, 5) is 4.63. The second kappa shape index (κ2) is 12.9. The van der Waals surface area contributed by atoms with Gasteiger partial charge in [-0.15, -0.1) is 0 Å². The average Bonchev–Trinajstić information content (AvgIpc) is 2.82. The van der Waals surface area contributed by atoms with Crippen LogP contribution in [-0.2, 0) is 11.3 Å². The number of ether oxygens (including phenoxy) is 4. The van der Waals surface area contributed by atoms with Gasteiger partial charge in [0.05, 0.1) is 27.4 Å². The van der Waals surface area contributed by atoms with Crippen LogP contribution in [0.15, 0.2) is 42.5 Å². The monoisotopic (exact) mass is 464 g/mol. The average molecular weight is 465 g/mol. The predicted molar refractivity (Wildman–Crippen MR) is 125 cm³/mol. The molecule has 1 aliphatic heterocycles. The van der Waals surface area contributed by atoms with E-state index in [1.165, 1.54) is 0 Å². The first-order chi connectivity index (χ1) is 15.6. The highest BCUT2D eigenvalue weighted by Crippen LogP contribution is 2.28. The topological polar surface area (TPSA) is 63.6 Å². The van der Waals surface area contributed by atoms with Gasteiger partial charge in [0.25, 0.3) is 0 Å². The molecule has 8 heteroatoms. The zero-order valence-electron chi connectivity index (χ0n) is 18.8. The molecule has 0 spiro atoms. The van der Waals surface area contributed by atoms with Gasteiger partial charge in [0.2, 0.25) is 0 Å². The third kappa shape index (κ3) is 7.83. The Morgan fingerprint density at radius 3 is 2.47 bits per heavy atom. The molecular formula is C24H33ClN2O5. The molecule has 0 amide bonds. The van der Waals surface area contributed by atoms with Crippen molar-refractivity contribution in [2.75, 3.05) is 66.8 Å². The van der Waals surface area contributed by atoms with Gasteiger partial charge in [-0.3, -0.25) is 9.80 Å². The van der Waals surface area contributed by atoms with Crippen molar-refractivity contribution in [1.29, 1.82) is 0 Å². The summed E-state index contributed by atoms with van der Waals surface area (Å²) < 4.78 is 22.0. The van der Waals surface area contributed by atoms with E-state index in [9.17, 15) is 5.11 Å². The van der Waals surface area contributed by atoms with E-state index < -0.39 is 6.10 Å². The SMILES string of the molecule is COc1ccc(CN(CCN2CCOCC2)CC(O)COc2ccc(Cl)cc2)cc1OC. The van der Waals surface area contributed by atoms with Crippen molar-refractivity contribution < 1.29 is 24.1 Å². The molecule has 0 bridgehead atoms. The number of hydrogen-bond acceptors (Lipinski definition) is 7. The fourth-order valence-corrected chi connectivity index (χ4v) is 3.78. The zero-order valence-corrected chi connectivity index (χ0v) is 19.6. The summed E-state index contributed by atoms with van der Waals surface area (Å²) in [6.45, 7) is 6.55. The number of halogens is 1. The number of benzene rings is 2. The lowest BCUT2D eigenvalue weighted by atomic mass is 10.1. The van der Waals surface area contributed by atoms with Crippen molar-refractivity contribution in [3.05, 3.63) is 53.1 Å². The second-order valence-electron chi connectivity index (χ2n) is 7.80. The van der Waals surface area contributed by atoms with E-state index in [0.717, 1.165) is 45.0 Å². The summed E-state index contributed by atoms with van der Waals surface area (Å²) in [7, 11) is 3.26. The van der Waals surface area contributed by atoms with Gasteiger partial charge >= 0.3 is 0 Å². The molecule has 7 nitrogen and oxygen atoms in total. The number of nitrogens with zero attached hydrogens (tertiary/aromatic N) is 2. The molecule has 1 fully saturated rings. The van der Waals surface area contributed by atoms with Gasteiger partial charge in [-0.2, -0.15) is 0 Å². The molecule has 1 atom stereocenters. The lowest BCUT2D eigenvalue weighted by Crippen LogP contribution is -2.43. The van der Waals surface area contributed by atoms with Crippen molar-refractivity contribution in [2.45, 2.75) is 12.6 Å². The fraction of sp³-hybridized carbons (Fsp3) is 0.500. The van der Waals surface area contributed by atoms with Crippen LogP contribution in [0.2, 0.25) is 5.02 Å². The van der Waals surface area contributed by atoms with Crippen molar-refractivity contribution in [2.24, 2.45) is 0 Å². The number of aliphatic hydroxyl groups excluding tert-OH is 1. The molecule has 0 aliphatic carbocycles. The summed E-state index contributed by atoms with van der Waals surface area (Å²) in [5.41, 5.74) is 1.09. The Morgan fingerprint density at radius 1 is 1.06 bits per heavy atom. The first-order valence-electron chi connectivity index (χ1n) is 10.9. The van der Waals surface area contributed by atoms with Gasteiger partial charge in [0, 0.05) is 44.3 Å². The van der Waals surface area contributed by atoms with Crippen molar-refractivity contribution in [3.8, 4) is 17.2 Å². The summed E-state index contributed by atoms with van der Waals surface area (Å²) in [5, 5.41) is 11.3. The highest BCUT2D eigenvalue weighted by atomic mass is 35.5. The van der Waals surface area contributed by atoms with Gasteiger partial charge in [0.15, 0.2) is 11.5 Å². The number of methoxy groups -OCH3 is 2. The molecule has 176 valence electrons. The Hall–Kier alpha value is -2.03. The standard InChI is InChI=1S/C24H33ClN2O5/c1-29-23-8-3-19(15-24(23)30-2)16-27(10-9-26-11-13-31-14-12-26)17-21(28)18-32-22-6-4-20(25)5-7-22/h3-8,15,21,28H,9-14,16-18H2,1-2H3. The van der Waals surface area contributed by atoms with Crippen LogP contribution in [0.25, 0.3) is 0 Å². The molecule has 0 radical (unpaired) electrons. The van der Waals surface area contributed by atoms with Gasteiger partial charge in [0.1, 0.15) is 18.5 Å². The molecule has 3 rings (SSSR count). The number of aliphatic hydroxyl groups is 1. The molecule has 0 saturated carbocycles. The minimum atomic E-state index is -0.629. The summed E-state index contributed by atoms with van der Waals surface area (Å²) >= 11 is 5.92. The Bertz CT molecular complexity index is 815. The Balaban J connectivity index is 1.60. The molecule has 2 aromatic rings. The minimum absolute atomic E-state index is 0.210. The number of rotatable bonds is 12. The van der Waals surface area contributed by atoms with Crippen molar-refractivity contribution in [1.82, 2.24) is 9.80 Å². The molecule has 2 aromatic carbocycles. The van der Waals surface area contributed by atoms with Crippen LogP contribution in [0, 0.1) is 0 Å². The first kappa shape index (κ1) is 24.6. The molecule has 1 heterocycles. The second-order valence-corrected chi connectivity index (χ2v) is 8.23. The maximum absolute atomic E-state index is 10.7. The van der Waals surface area contributed by atoms with Crippen LogP contribution in [0.3, 0.4) is 0 Å². The summed E-state index contributed by atoms with van der Waals surface area (Å²) in [5.74, 6) is 2.09. The Labute approximate surface area is 195 Å². The smallest absolute Gasteiger partial charge is 0.161 e. The van der Waals surface area contributed by atoms with Crippen LogP contribution < -0.4 is 14.2 Å². The van der Waals surface area contributed by atoms with Crippen LogP contribution in [0.1, 0.15) is 5.56 Å². The normalized spacial score (nSPS) is 15.5. The fourth-order valence-electron chi connectivity index (χ4n) is 3.65. The highest BCUT2D eigenvalue weighted by Gasteiger charge is 2.17. The van der Waals surface area contributed by atoms with E-state index in [4.69, 9.17) is 30.5 Å². The molecule has 1 saturated heterocycles. The minimum Gasteiger partial charge on any atom is -0.493 e. The van der Waals surface area contributed by atoms with Crippen LogP contribution in [0.5, 0.6) is 17.2 Å². The van der Waals surface area contributed by atoms with E-state index in [2.05, 4.69) is 9.80 Å². The lowest BCUT2D eigenvalue weighted by Gasteiger charge is -2.31. The quantitative estimate of drug-likeness (QED) is 0.518. The van der Waals surface area contributed by atoms with E-state index >= 15 is 0 Å². The Morgan fingerprint density at radius 2 is 1.78 bits per heavy atom. The summed E-state index contributed by atoms with van der Waals surface area (Å²) in [6, 6.07) is 13.1. The van der Waals surface area contributed by atoms with Gasteiger partial charge < -0.3 is 24.1 Å². The van der Waals surface area contributed by atoms with Crippen LogP contribution in [-0.4, -0.2) is 87.8 Å². The van der Waals surface area contributed by atoms with Crippen LogP contribution in [0.4, 0.5) is 0 Å². The van der Waals surface area contributed by atoms with Gasteiger partial charge in [-0.05, 0) is 42.0 Å². The van der Waals surface area contributed by atoms with E-state index in [1.54, 1.807) is 38.5 Å². The zero-order chi connectivity index (χ0) is 22.8. The molecule has 1 unspecified atom stereocenters. The lowest BCUT2D eigenvalue weighted by molar-refractivity contribution is 0.0256. The highest BCUT2D eigenvalue weighted by molar-refractivity contribution is 6.30. The number of morpholine rings is 1. The molecule has 32 heavy (non-hydrogen) atoms. The maximum Gasteiger partial charge on any atom is 0.161 e. The third-order valence-corrected chi connectivity index (χ3v) is 5.67. The van der Waals surface area contributed by atoms with E-state index in [1.807, 2.05) is 18.2 Å². The van der Waals surface area contributed by atoms with Crippen molar-refractivity contribution >= 4 is 11.6 Å². The first-order valence-corrected chi connectivity index (χ1v) is 11.2. The third-order valence-electron chi connectivity index (χ3n) is 5.42. The largest absolute Gasteiger partial charge is 0.493 e. The molecule has 0 aromatic heterocycles. The van der Waals surface area contributed by atoms with Crippen LogP contribution >= 0.6 is 11.6 Å². The molecule has 1 aliphatic rings. The van der Waals surface area contributed by atoms with E-state index in [-0.39, 0.29) is 6.61 Å². The van der Waals surface area contributed by atoms with Gasteiger partial charge in [-0.25, -0.2) is 0 Å². The molecular weight excluding hydrogens is 432 g/mol. The maximum atomic E-state index is 10.7. The number of hydrogen-bond donors (Lipinski definition) is 1. The summed E-state index contributed by atoms with van der Waals surface area (Å²) in [6.07, 6.45) is -0.629. The van der Waals surface area contributed by atoms with E-state index in [0.29, 0.717) is 35.4 Å². The van der Waals surface area contributed by atoms with Crippen molar-refractivity contribution in [3.63, 3.8) is 0 Å². The Kier molecular flexibility index (Phi) is 9.89.